The molecule has 1 unspecified atom stereocenters. The minimum atomic E-state index is -3.85. The van der Waals surface area contributed by atoms with Crippen LogP contribution in [0.25, 0.3) is 0 Å². The van der Waals surface area contributed by atoms with E-state index in [9.17, 15) is 13.2 Å². The number of fused-ring (bicyclic) bond motifs is 1. The Hall–Kier alpha value is -2.38. The summed E-state index contributed by atoms with van der Waals surface area (Å²) in [4.78, 5) is 12.8. The van der Waals surface area contributed by atoms with Gasteiger partial charge in [-0.15, -0.1) is 0 Å². The van der Waals surface area contributed by atoms with Crippen molar-refractivity contribution in [3.8, 4) is 5.75 Å². The molecule has 0 amide bonds. The standard InChI is InChI=1S/C19H21NO5S/c1-3-25-19(21)18-17-13-15(24-2)10-9-14(17)11-12-20(18)26(22,23)16-7-5-4-6-8-16/h4-10,13,18H,3,11-12H2,1-2H3. The molecule has 0 bridgehead atoms. The maximum Gasteiger partial charge on any atom is 0.329 e. The van der Waals surface area contributed by atoms with E-state index in [-0.39, 0.29) is 18.0 Å². The first-order valence-corrected chi connectivity index (χ1v) is 9.83. The Morgan fingerprint density at radius 3 is 2.58 bits per heavy atom. The van der Waals surface area contributed by atoms with Gasteiger partial charge in [-0.05, 0) is 48.7 Å². The SMILES string of the molecule is CCOC(=O)C1c2cc(OC)ccc2CCN1S(=O)(=O)c1ccccc1. The zero-order valence-corrected chi connectivity index (χ0v) is 15.5. The Bertz CT molecular complexity index is 895. The topological polar surface area (TPSA) is 72.9 Å². The molecule has 1 atom stereocenters. The van der Waals surface area contributed by atoms with Crippen molar-refractivity contribution >= 4 is 16.0 Å². The fourth-order valence-electron chi connectivity index (χ4n) is 3.15. The maximum absolute atomic E-state index is 13.2. The molecule has 0 fully saturated rings. The van der Waals surface area contributed by atoms with Crippen LogP contribution in [0.4, 0.5) is 0 Å². The molecule has 2 aromatic rings. The van der Waals surface area contributed by atoms with Crippen LogP contribution in [-0.4, -0.2) is 39.0 Å². The summed E-state index contributed by atoms with van der Waals surface area (Å²) in [6, 6.07) is 12.5. The quantitative estimate of drug-likeness (QED) is 0.751. The summed E-state index contributed by atoms with van der Waals surface area (Å²) in [5.41, 5.74) is 1.52. The van der Waals surface area contributed by atoms with Crippen molar-refractivity contribution in [1.29, 1.82) is 0 Å². The molecule has 6 nitrogen and oxygen atoms in total. The molecule has 0 saturated heterocycles. The summed E-state index contributed by atoms with van der Waals surface area (Å²) >= 11 is 0. The van der Waals surface area contributed by atoms with Crippen molar-refractivity contribution in [1.82, 2.24) is 4.31 Å². The number of hydrogen-bond donors (Lipinski definition) is 0. The van der Waals surface area contributed by atoms with Gasteiger partial charge in [0, 0.05) is 6.54 Å². The van der Waals surface area contributed by atoms with Gasteiger partial charge in [0.1, 0.15) is 11.8 Å². The molecule has 0 spiro atoms. The summed E-state index contributed by atoms with van der Waals surface area (Å²) in [7, 11) is -2.31. The Labute approximate surface area is 153 Å². The zero-order chi connectivity index (χ0) is 18.7. The lowest BCUT2D eigenvalue weighted by Crippen LogP contribution is -2.44. The van der Waals surface area contributed by atoms with Gasteiger partial charge in [-0.25, -0.2) is 13.2 Å². The molecule has 0 aromatic heterocycles. The van der Waals surface area contributed by atoms with Crippen molar-refractivity contribution in [3.05, 3.63) is 59.7 Å². The number of methoxy groups -OCH3 is 1. The third-order valence-corrected chi connectivity index (χ3v) is 6.28. The lowest BCUT2D eigenvalue weighted by atomic mass is 9.94. The van der Waals surface area contributed by atoms with Gasteiger partial charge in [0.25, 0.3) is 0 Å². The van der Waals surface area contributed by atoms with Crippen LogP contribution in [0.5, 0.6) is 5.75 Å². The number of hydrogen-bond acceptors (Lipinski definition) is 5. The smallest absolute Gasteiger partial charge is 0.329 e. The Morgan fingerprint density at radius 2 is 1.92 bits per heavy atom. The fourth-order valence-corrected chi connectivity index (χ4v) is 4.73. The second-order valence-corrected chi connectivity index (χ2v) is 7.79. The number of rotatable bonds is 5. The highest BCUT2D eigenvalue weighted by Gasteiger charge is 2.41. The van der Waals surface area contributed by atoms with Gasteiger partial charge in [0.15, 0.2) is 0 Å². The van der Waals surface area contributed by atoms with Crippen molar-refractivity contribution in [2.45, 2.75) is 24.3 Å². The van der Waals surface area contributed by atoms with Gasteiger partial charge < -0.3 is 9.47 Å². The van der Waals surface area contributed by atoms with Crippen LogP contribution in [0.3, 0.4) is 0 Å². The molecule has 0 radical (unpaired) electrons. The van der Waals surface area contributed by atoms with Gasteiger partial charge >= 0.3 is 5.97 Å². The number of carbonyl (C=O) groups excluding carboxylic acids is 1. The van der Waals surface area contributed by atoms with Crippen molar-refractivity contribution in [2.75, 3.05) is 20.3 Å². The largest absolute Gasteiger partial charge is 0.497 e. The third kappa shape index (κ3) is 3.32. The Morgan fingerprint density at radius 1 is 1.19 bits per heavy atom. The van der Waals surface area contributed by atoms with Gasteiger partial charge in [0.05, 0.1) is 18.6 Å². The van der Waals surface area contributed by atoms with Crippen molar-refractivity contribution in [2.24, 2.45) is 0 Å². The lowest BCUT2D eigenvalue weighted by molar-refractivity contribution is -0.148. The number of esters is 1. The molecule has 2 aromatic carbocycles. The molecule has 138 valence electrons. The normalized spacial score (nSPS) is 17.4. The lowest BCUT2D eigenvalue weighted by Gasteiger charge is -2.34. The predicted octanol–water partition coefficient (Wildman–Crippen LogP) is 2.55. The van der Waals surface area contributed by atoms with Crippen LogP contribution in [0.2, 0.25) is 0 Å². The number of carbonyl (C=O) groups is 1. The van der Waals surface area contributed by atoms with E-state index >= 15 is 0 Å². The molecule has 3 rings (SSSR count). The molecular formula is C19H21NO5S. The zero-order valence-electron chi connectivity index (χ0n) is 14.7. The van der Waals surface area contributed by atoms with E-state index in [1.54, 1.807) is 31.2 Å². The summed E-state index contributed by atoms with van der Waals surface area (Å²) in [5.74, 6) is -0.0155. The third-order valence-electron chi connectivity index (χ3n) is 4.40. The minimum Gasteiger partial charge on any atom is -0.497 e. The van der Waals surface area contributed by atoms with E-state index in [1.165, 1.54) is 23.5 Å². The molecule has 26 heavy (non-hydrogen) atoms. The molecule has 0 saturated carbocycles. The van der Waals surface area contributed by atoms with E-state index in [2.05, 4.69) is 0 Å². The predicted molar refractivity (Wildman–Crippen MR) is 96.4 cm³/mol. The first kappa shape index (κ1) is 18.4. The first-order chi connectivity index (χ1) is 12.5. The average molecular weight is 375 g/mol. The summed E-state index contributed by atoms with van der Waals surface area (Å²) < 4.78 is 38.0. The summed E-state index contributed by atoms with van der Waals surface area (Å²) in [6.07, 6.45) is 0.515. The van der Waals surface area contributed by atoms with Crippen molar-refractivity contribution in [3.63, 3.8) is 0 Å². The molecule has 7 heteroatoms. The van der Waals surface area contributed by atoms with Crippen LogP contribution >= 0.6 is 0 Å². The number of sulfonamides is 1. The number of ether oxygens (including phenoxy) is 2. The van der Waals surface area contributed by atoms with E-state index in [1.807, 2.05) is 12.1 Å². The van der Waals surface area contributed by atoms with E-state index in [0.717, 1.165) is 5.56 Å². The van der Waals surface area contributed by atoms with Crippen LogP contribution in [-0.2, 0) is 26.0 Å². The Balaban J connectivity index is 2.11. The average Bonchev–Trinajstić information content (AvgIpc) is 2.67. The molecule has 0 N–H and O–H groups in total. The van der Waals surface area contributed by atoms with E-state index in [0.29, 0.717) is 17.7 Å². The summed E-state index contributed by atoms with van der Waals surface area (Å²) in [5, 5.41) is 0. The number of benzene rings is 2. The fraction of sp³-hybridized carbons (Fsp3) is 0.316. The highest BCUT2D eigenvalue weighted by Crippen LogP contribution is 2.36. The van der Waals surface area contributed by atoms with Crippen LogP contribution < -0.4 is 4.74 Å². The monoisotopic (exact) mass is 375 g/mol. The van der Waals surface area contributed by atoms with Crippen LogP contribution in [0.1, 0.15) is 24.1 Å². The highest BCUT2D eigenvalue weighted by molar-refractivity contribution is 7.89. The Kier molecular flexibility index (Phi) is 5.29. The van der Waals surface area contributed by atoms with E-state index < -0.39 is 22.0 Å². The van der Waals surface area contributed by atoms with Gasteiger partial charge in [-0.3, -0.25) is 0 Å². The van der Waals surface area contributed by atoms with Crippen LogP contribution in [0, 0.1) is 0 Å². The van der Waals surface area contributed by atoms with Crippen molar-refractivity contribution < 1.29 is 22.7 Å². The molecule has 1 aliphatic heterocycles. The minimum absolute atomic E-state index is 0.153. The molecule has 1 heterocycles. The molecular weight excluding hydrogens is 354 g/mol. The second-order valence-electron chi connectivity index (χ2n) is 5.90. The molecule has 1 aliphatic rings. The van der Waals surface area contributed by atoms with Gasteiger partial charge in [0.2, 0.25) is 10.0 Å². The first-order valence-electron chi connectivity index (χ1n) is 8.39. The summed E-state index contributed by atoms with van der Waals surface area (Å²) in [6.45, 7) is 2.08. The number of nitrogens with zero attached hydrogens (tertiary/aromatic N) is 1. The van der Waals surface area contributed by atoms with E-state index in [4.69, 9.17) is 9.47 Å². The van der Waals surface area contributed by atoms with Gasteiger partial charge in [-0.1, -0.05) is 24.3 Å². The van der Waals surface area contributed by atoms with Gasteiger partial charge in [-0.2, -0.15) is 4.31 Å². The molecule has 0 aliphatic carbocycles. The van der Waals surface area contributed by atoms with Crippen LogP contribution in [0.15, 0.2) is 53.4 Å². The highest BCUT2D eigenvalue weighted by atomic mass is 32.2. The maximum atomic E-state index is 13.2. The second kappa shape index (κ2) is 7.47.